The Morgan fingerprint density at radius 1 is 1.16 bits per heavy atom. The van der Waals surface area contributed by atoms with Crippen LogP contribution in [0, 0.1) is 0 Å². The number of aryl methyl sites for hydroxylation is 1. The zero-order valence-corrected chi connectivity index (χ0v) is 21.7. The molecule has 0 radical (unpaired) electrons. The molecular formula is C27H30F3N3O4S. The zero-order valence-electron chi connectivity index (χ0n) is 20.8. The number of amides is 2. The molecule has 3 unspecified atom stereocenters. The molecule has 7 nitrogen and oxygen atoms in total. The van der Waals surface area contributed by atoms with Gasteiger partial charge in [0.15, 0.2) is 0 Å². The average Bonchev–Trinajstić information content (AvgIpc) is 3.67. The fourth-order valence-electron chi connectivity index (χ4n) is 6.06. The second-order valence-corrected chi connectivity index (χ2v) is 11.5. The summed E-state index contributed by atoms with van der Waals surface area (Å²) in [7, 11) is 0. The van der Waals surface area contributed by atoms with E-state index in [2.05, 4.69) is 21.7 Å². The normalized spacial score (nSPS) is 27.6. The van der Waals surface area contributed by atoms with Crippen molar-refractivity contribution in [1.82, 2.24) is 15.1 Å². The standard InChI is InChI=1S/C27H30F3N3O4S/c28-27(29,30)18-3-1-16-5-8-32(26(35)20(16)11-18)14-24(34)31-21-12-33(19-6-9-36-15-19)13-23(21)37-22-4-2-17-7-10-38-25(17)22/h1,3,7,10-11,19,21-23H,2,4-6,8-9,12-15H2,(H,31,34)/t19?,21?,22?,23-/m0/s1. The first kappa shape index (κ1) is 25.8. The minimum Gasteiger partial charge on any atom is -0.380 e. The number of fused-ring (bicyclic) bond motifs is 2. The van der Waals surface area contributed by atoms with Gasteiger partial charge in [0, 0.05) is 42.7 Å². The van der Waals surface area contributed by atoms with Crippen LogP contribution in [0.4, 0.5) is 13.2 Å². The third-order valence-corrected chi connectivity index (χ3v) is 9.14. The Morgan fingerprint density at radius 3 is 2.82 bits per heavy atom. The molecular weight excluding hydrogens is 519 g/mol. The number of halogens is 3. The maximum Gasteiger partial charge on any atom is 0.416 e. The number of nitrogens with zero attached hydrogens (tertiary/aromatic N) is 2. The predicted octanol–water partition coefficient (Wildman–Crippen LogP) is 3.43. The molecule has 2 fully saturated rings. The lowest BCUT2D eigenvalue weighted by Gasteiger charge is -2.30. The number of carbonyl (C=O) groups is 2. The lowest BCUT2D eigenvalue weighted by Crippen LogP contribution is -2.50. The van der Waals surface area contributed by atoms with Crippen molar-refractivity contribution < 1.29 is 32.2 Å². The SMILES string of the molecule is O=C(CN1CCc2ccc(C(F)(F)F)cc2C1=O)NC1CN(C2CCOC2)C[C@@H]1OC1CCc2ccsc21. The van der Waals surface area contributed by atoms with E-state index >= 15 is 0 Å². The van der Waals surface area contributed by atoms with E-state index in [1.54, 1.807) is 11.3 Å². The van der Waals surface area contributed by atoms with Crippen LogP contribution in [0.25, 0.3) is 0 Å². The van der Waals surface area contributed by atoms with Crippen LogP contribution in [0.5, 0.6) is 0 Å². The quantitative estimate of drug-likeness (QED) is 0.598. The van der Waals surface area contributed by atoms with Crippen LogP contribution in [-0.2, 0) is 33.3 Å². The molecule has 4 aliphatic rings. The van der Waals surface area contributed by atoms with Gasteiger partial charge in [-0.2, -0.15) is 13.2 Å². The van der Waals surface area contributed by atoms with E-state index in [1.165, 1.54) is 21.4 Å². The summed E-state index contributed by atoms with van der Waals surface area (Å²) < 4.78 is 51.8. The Kier molecular flexibility index (Phi) is 6.96. The summed E-state index contributed by atoms with van der Waals surface area (Å²) in [5, 5.41) is 5.17. The van der Waals surface area contributed by atoms with Gasteiger partial charge >= 0.3 is 6.18 Å². The molecule has 2 aromatic rings. The first-order valence-corrected chi connectivity index (χ1v) is 14.0. The number of thiophene rings is 1. The Bertz CT molecular complexity index is 1210. The summed E-state index contributed by atoms with van der Waals surface area (Å²) >= 11 is 1.70. The van der Waals surface area contributed by atoms with Crippen LogP contribution in [0.1, 0.15) is 50.9 Å². The summed E-state index contributed by atoms with van der Waals surface area (Å²) in [4.78, 5) is 31.1. The molecule has 0 spiro atoms. The molecule has 38 heavy (non-hydrogen) atoms. The van der Waals surface area contributed by atoms with Crippen molar-refractivity contribution in [2.75, 3.05) is 39.4 Å². The van der Waals surface area contributed by atoms with Gasteiger partial charge in [0.05, 0.1) is 37.0 Å². The smallest absolute Gasteiger partial charge is 0.380 e. The number of hydrogen-bond acceptors (Lipinski definition) is 6. The minimum absolute atomic E-state index is 0.0113. The number of rotatable bonds is 6. The van der Waals surface area contributed by atoms with E-state index in [0.717, 1.165) is 38.0 Å². The third kappa shape index (κ3) is 5.09. The molecule has 0 bridgehead atoms. The van der Waals surface area contributed by atoms with Crippen LogP contribution in [-0.4, -0.2) is 79.2 Å². The Labute approximate surface area is 222 Å². The van der Waals surface area contributed by atoms with Crippen molar-refractivity contribution in [3.63, 3.8) is 0 Å². The second-order valence-electron chi connectivity index (χ2n) is 10.5. The van der Waals surface area contributed by atoms with E-state index in [1.807, 2.05) is 0 Å². The van der Waals surface area contributed by atoms with E-state index in [-0.39, 0.29) is 48.9 Å². The molecule has 0 saturated carbocycles. The van der Waals surface area contributed by atoms with Crippen molar-refractivity contribution in [2.24, 2.45) is 0 Å². The van der Waals surface area contributed by atoms with Gasteiger partial charge in [-0.05, 0) is 60.4 Å². The molecule has 1 N–H and O–H groups in total. The molecule has 2 saturated heterocycles. The van der Waals surface area contributed by atoms with E-state index in [9.17, 15) is 22.8 Å². The van der Waals surface area contributed by atoms with Gasteiger partial charge in [0.25, 0.3) is 5.91 Å². The van der Waals surface area contributed by atoms with E-state index in [4.69, 9.17) is 9.47 Å². The van der Waals surface area contributed by atoms with Gasteiger partial charge in [-0.15, -0.1) is 11.3 Å². The first-order chi connectivity index (χ1) is 18.3. The molecule has 2 amide bonds. The largest absolute Gasteiger partial charge is 0.416 e. The molecule has 4 atom stereocenters. The predicted molar refractivity (Wildman–Crippen MR) is 134 cm³/mol. The number of nitrogens with one attached hydrogen (secondary N) is 1. The molecule has 3 aliphatic heterocycles. The van der Waals surface area contributed by atoms with Gasteiger partial charge in [0.1, 0.15) is 0 Å². The van der Waals surface area contributed by atoms with E-state index < -0.39 is 17.6 Å². The highest BCUT2D eigenvalue weighted by atomic mass is 32.1. The zero-order chi connectivity index (χ0) is 26.4. The highest BCUT2D eigenvalue weighted by Gasteiger charge is 2.41. The second kappa shape index (κ2) is 10.3. The minimum atomic E-state index is -4.54. The third-order valence-electron chi connectivity index (χ3n) is 8.09. The molecule has 6 rings (SSSR count). The summed E-state index contributed by atoms with van der Waals surface area (Å²) in [5.74, 6) is -0.882. The van der Waals surface area contributed by atoms with Crippen LogP contribution >= 0.6 is 11.3 Å². The van der Waals surface area contributed by atoms with Crippen LogP contribution in [0.3, 0.4) is 0 Å². The Morgan fingerprint density at radius 2 is 2.03 bits per heavy atom. The number of benzene rings is 1. The average molecular weight is 550 g/mol. The van der Waals surface area contributed by atoms with Crippen molar-refractivity contribution in [3.8, 4) is 0 Å². The maximum absolute atomic E-state index is 13.2. The molecule has 204 valence electrons. The van der Waals surface area contributed by atoms with Gasteiger partial charge in [0.2, 0.25) is 5.91 Å². The monoisotopic (exact) mass is 549 g/mol. The van der Waals surface area contributed by atoms with Gasteiger partial charge in [-0.1, -0.05) is 6.07 Å². The highest BCUT2D eigenvalue weighted by molar-refractivity contribution is 7.10. The molecule has 1 aliphatic carbocycles. The van der Waals surface area contributed by atoms with E-state index in [0.29, 0.717) is 31.7 Å². The summed E-state index contributed by atoms with van der Waals surface area (Å²) in [6, 6.07) is 5.43. The fourth-order valence-corrected chi connectivity index (χ4v) is 7.08. The van der Waals surface area contributed by atoms with Crippen LogP contribution in [0.15, 0.2) is 29.6 Å². The molecule has 4 heterocycles. The fraction of sp³-hybridized carbons (Fsp3) is 0.556. The lowest BCUT2D eigenvalue weighted by molar-refractivity contribution is -0.137. The number of carbonyl (C=O) groups excluding carboxylic acids is 2. The number of hydrogen-bond donors (Lipinski definition) is 1. The van der Waals surface area contributed by atoms with Crippen molar-refractivity contribution >= 4 is 23.2 Å². The van der Waals surface area contributed by atoms with Crippen molar-refractivity contribution in [2.45, 2.75) is 56.2 Å². The summed E-state index contributed by atoms with van der Waals surface area (Å²) in [6.45, 7) is 2.77. The van der Waals surface area contributed by atoms with Crippen molar-refractivity contribution in [3.05, 3.63) is 56.8 Å². The maximum atomic E-state index is 13.2. The highest BCUT2D eigenvalue weighted by Crippen LogP contribution is 2.40. The Hall–Kier alpha value is -2.47. The van der Waals surface area contributed by atoms with Crippen LogP contribution < -0.4 is 5.32 Å². The molecule has 11 heteroatoms. The van der Waals surface area contributed by atoms with Gasteiger partial charge < -0.3 is 19.7 Å². The lowest BCUT2D eigenvalue weighted by atomic mass is 9.96. The summed E-state index contributed by atoms with van der Waals surface area (Å²) in [6.07, 6.45) is -1.47. The first-order valence-electron chi connectivity index (χ1n) is 13.1. The van der Waals surface area contributed by atoms with Crippen molar-refractivity contribution in [1.29, 1.82) is 0 Å². The summed E-state index contributed by atoms with van der Waals surface area (Å²) in [5.41, 5.74) is 1.06. The van der Waals surface area contributed by atoms with Gasteiger partial charge in [-0.25, -0.2) is 0 Å². The number of likely N-dealkylation sites (tertiary alicyclic amines) is 1. The Balaban J connectivity index is 1.13. The molecule has 1 aromatic carbocycles. The number of alkyl halides is 3. The van der Waals surface area contributed by atoms with Gasteiger partial charge in [-0.3, -0.25) is 14.5 Å². The topological polar surface area (TPSA) is 71.1 Å². The van der Waals surface area contributed by atoms with Crippen LogP contribution in [0.2, 0.25) is 0 Å². The number of ether oxygens (including phenoxy) is 2. The molecule has 1 aromatic heterocycles.